The van der Waals surface area contributed by atoms with Gasteiger partial charge in [0, 0.05) is 6.04 Å². The van der Waals surface area contributed by atoms with Crippen molar-refractivity contribution in [2.75, 3.05) is 0 Å². The predicted octanol–water partition coefficient (Wildman–Crippen LogP) is 1.40. The van der Waals surface area contributed by atoms with E-state index in [4.69, 9.17) is 5.11 Å². The van der Waals surface area contributed by atoms with Gasteiger partial charge >= 0.3 is 5.97 Å². The smallest absolute Gasteiger partial charge is 0.312 e. The molecule has 0 heterocycles. The van der Waals surface area contributed by atoms with Gasteiger partial charge in [0.2, 0.25) is 5.91 Å². The van der Waals surface area contributed by atoms with Crippen molar-refractivity contribution in [2.24, 2.45) is 23.7 Å². The third kappa shape index (κ3) is 2.05. The van der Waals surface area contributed by atoms with Crippen LogP contribution in [-0.2, 0) is 9.59 Å². The Hall–Kier alpha value is -1.06. The number of carbonyl (C=O) groups is 2. The van der Waals surface area contributed by atoms with E-state index in [-0.39, 0.29) is 18.4 Å². The second-order valence-corrected chi connectivity index (χ2v) is 6.09. The van der Waals surface area contributed by atoms with Crippen LogP contribution in [0.5, 0.6) is 0 Å². The Morgan fingerprint density at radius 3 is 2.00 bits per heavy atom. The van der Waals surface area contributed by atoms with Crippen molar-refractivity contribution < 1.29 is 14.7 Å². The van der Waals surface area contributed by atoms with Crippen molar-refractivity contribution in [3.8, 4) is 0 Å². The van der Waals surface area contributed by atoms with Gasteiger partial charge in [0.15, 0.2) is 0 Å². The Balaban J connectivity index is 1.64. The molecule has 4 fully saturated rings. The van der Waals surface area contributed by atoms with Crippen LogP contribution in [0, 0.1) is 23.7 Å². The highest BCUT2D eigenvalue weighted by Crippen LogP contribution is 2.53. The molecule has 94 valence electrons. The summed E-state index contributed by atoms with van der Waals surface area (Å²) >= 11 is 0. The van der Waals surface area contributed by atoms with Crippen LogP contribution in [0.15, 0.2) is 0 Å². The van der Waals surface area contributed by atoms with E-state index in [0.717, 1.165) is 11.8 Å². The Kier molecular flexibility index (Phi) is 2.60. The zero-order valence-corrected chi connectivity index (χ0v) is 9.89. The molecule has 0 spiro atoms. The zero-order chi connectivity index (χ0) is 12.0. The Bertz CT molecular complexity index is 325. The first-order valence-corrected chi connectivity index (χ1v) is 6.63. The summed E-state index contributed by atoms with van der Waals surface area (Å²) in [7, 11) is 0. The standard InChI is InChI=1S/C13H19NO3/c15-11(6-12(16)17)14-13-9-2-7-1-8(4-9)5-10(13)3-7/h7-10,13H,1-6H2,(H,14,15)(H,16,17). The number of rotatable bonds is 3. The van der Waals surface area contributed by atoms with E-state index >= 15 is 0 Å². The number of carboxylic acid groups (broad SMARTS) is 1. The van der Waals surface area contributed by atoms with Gasteiger partial charge in [-0.05, 0) is 55.8 Å². The fraction of sp³-hybridized carbons (Fsp3) is 0.846. The third-order valence-electron chi connectivity index (χ3n) is 4.87. The lowest BCUT2D eigenvalue weighted by Crippen LogP contribution is -2.56. The van der Waals surface area contributed by atoms with Gasteiger partial charge in [-0.1, -0.05) is 0 Å². The first-order valence-electron chi connectivity index (χ1n) is 6.63. The molecule has 4 aliphatic carbocycles. The van der Waals surface area contributed by atoms with Gasteiger partial charge in [0.1, 0.15) is 6.42 Å². The average Bonchev–Trinajstić information content (AvgIpc) is 2.21. The molecule has 0 atom stereocenters. The van der Waals surface area contributed by atoms with Crippen molar-refractivity contribution in [3.63, 3.8) is 0 Å². The molecule has 4 saturated carbocycles. The molecule has 17 heavy (non-hydrogen) atoms. The summed E-state index contributed by atoms with van der Waals surface area (Å²) in [6.45, 7) is 0. The monoisotopic (exact) mass is 237 g/mol. The highest BCUT2D eigenvalue weighted by atomic mass is 16.4. The van der Waals surface area contributed by atoms with Crippen LogP contribution < -0.4 is 5.32 Å². The number of amides is 1. The molecule has 1 amide bonds. The van der Waals surface area contributed by atoms with Crippen molar-refractivity contribution in [1.82, 2.24) is 5.32 Å². The SMILES string of the molecule is O=C(O)CC(=O)NC1C2CC3CC(C2)CC1C3. The number of nitrogens with one attached hydrogen (secondary N) is 1. The molecule has 4 heteroatoms. The number of hydrogen-bond acceptors (Lipinski definition) is 2. The second kappa shape index (κ2) is 4.00. The average molecular weight is 237 g/mol. The van der Waals surface area contributed by atoms with Gasteiger partial charge in [-0.25, -0.2) is 0 Å². The van der Waals surface area contributed by atoms with E-state index in [0.29, 0.717) is 11.8 Å². The third-order valence-corrected chi connectivity index (χ3v) is 4.87. The van der Waals surface area contributed by atoms with Crippen LogP contribution in [0.25, 0.3) is 0 Å². The molecule has 0 unspecified atom stereocenters. The summed E-state index contributed by atoms with van der Waals surface area (Å²) in [6, 6.07) is 0.259. The first-order chi connectivity index (χ1) is 8.11. The summed E-state index contributed by atoms with van der Waals surface area (Å²) < 4.78 is 0. The molecule has 0 saturated heterocycles. The fourth-order valence-corrected chi connectivity index (χ4v) is 4.54. The minimum absolute atomic E-state index is 0.259. The quantitative estimate of drug-likeness (QED) is 0.729. The van der Waals surface area contributed by atoms with Gasteiger partial charge in [0.25, 0.3) is 0 Å². The van der Waals surface area contributed by atoms with Crippen molar-refractivity contribution in [1.29, 1.82) is 0 Å². The highest BCUT2D eigenvalue weighted by molar-refractivity contribution is 5.93. The lowest BCUT2D eigenvalue weighted by atomic mass is 9.54. The lowest BCUT2D eigenvalue weighted by Gasteiger charge is -2.54. The second-order valence-electron chi connectivity index (χ2n) is 6.09. The summed E-state index contributed by atoms with van der Waals surface area (Å²) in [5.41, 5.74) is 0. The molecule has 4 bridgehead atoms. The number of hydrogen-bond donors (Lipinski definition) is 2. The summed E-state index contributed by atoms with van der Waals surface area (Å²) in [4.78, 5) is 22.0. The van der Waals surface area contributed by atoms with Gasteiger partial charge in [-0.15, -0.1) is 0 Å². The lowest BCUT2D eigenvalue weighted by molar-refractivity contribution is -0.141. The van der Waals surface area contributed by atoms with Crippen LogP contribution in [0.3, 0.4) is 0 Å². The van der Waals surface area contributed by atoms with Gasteiger partial charge in [-0.2, -0.15) is 0 Å². The van der Waals surface area contributed by atoms with Gasteiger partial charge in [0.05, 0.1) is 0 Å². The minimum atomic E-state index is -1.04. The van der Waals surface area contributed by atoms with Crippen LogP contribution in [-0.4, -0.2) is 23.0 Å². The molecule has 2 N–H and O–H groups in total. The van der Waals surface area contributed by atoms with Gasteiger partial charge < -0.3 is 10.4 Å². The fourth-order valence-electron chi connectivity index (χ4n) is 4.54. The molecular weight excluding hydrogens is 218 g/mol. The van der Waals surface area contributed by atoms with Crippen molar-refractivity contribution >= 4 is 11.9 Å². The normalized spacial score (nSPS) is 42.5. The summed E-state index contributed by atoms with van der Waals surface area (Å²) in [5.74, 6) is 1.64. The molecule has 4 aliphatic rings. The summed E-state index contributed by atoms with van der Waals surface area (Å²) in [5, 5.41) is 11.6. The topological polar surface area (TPSA) is 66.4 Å². The number of carbonyl (C=O) groups excluding carboxylic acids is 1. The largest absolute Gasteiger partial charge is 0.481 e. The minimum Gasteiger partial charge on any atom is -0.481 e. The van der Waals surface area contributed by atoms with Crippen molar-refractivity contribution in [2.45, 2.75) is 44.6 Å². The maximum Gasteiger partial charge on any atom is 0.312 e. The molecule has 0 radical (unpaired) electrons. The van der Waals surface area contributed by atoms with Gasteiger partial charge in [-0.3, -0.25) is 9.59 Å². The van der Waals surface area contributed by atoms with E-state index < -0.39 is 5.97 Å². The summed E-state index contributed by atoms with van der Waals surface area (Å²) in [6.07, 6.45) is 5.97. The molecule has 4 rings (SSSR count). The first kappa shape index (κ1) is 11.1. The van der Waals surface area contributed by atoms with Crippen LogP contribution in [0.1, 0.15) is 38.5 Å². The molecule has 0 aromatic rings. The Morgan fingerprint density at radius 2 is 1.53 bits per heavy atom. The number of aliphatic carboxylic acids is 1. The van der Waals surface area contributed by atoms with E-state index in [9.17, 15) is 9.59 Å². The maximum atomic E-state index is 11.6. The Morgan fingerprint density at radius 1 is 1.00 bits per heavy atom. The number of carboxylic acids is 1. The Labute approximate surface area is 101 Å². The zero-order valence-electron chi connectivity index (χ0n) is 9.89. The van der Waals surface area contributed by atoms with E-state index in [1.165, 1.54) is 32.1 Å². The molecular formula is C13H19NO3. The molecule has 0 aromatic carbocycles. The van der Waals surface area contributed by atoms with Crippen molar-refractivity contribution in [3.05, 3.63) is 0 Å². The van der Waals surface area contributed by atoms with Crippen LogP contribution in [0.2, 0.25) is 0 Å². The highest BCUT2D eigenvalue weighted by Gasteiger charge is 2.48. The molecule has 0 aromatic heterocycles. The van der Waals surface area contributed by atoms with E-state index in [1.54, 1.807) is 0 Å². The van der Waals surface area contributed by atoms with Crippen LogP contribution >= 0.6 is 0 Å². The maximum absolute atomic E-state index is 11.6. The van der Waals surface area contributed by atoms with E-state index in [1.807, 2.05) is 0 Å². The predicted molar refractivity (Wildman–Crippen MR) is 61.2 cm³/mol. The van der Waals surface area contributed by atoms with E-state index in [2.05, 4.69) is 5.32 Å². The van der Waals surface area contributed by atoms with Crippen LogP contribution in [0.4, 0.5) is 0 Å². The molecule has 4 nitrogen and oxygen atoms in total. The molecule has 0 aliphatic heterocycles.